The summed E-state index contributed by atoms with van der Waals surface area (Å²) in [5.74, 6) is -1.04. The van der Waals surface area contributed by atoms with Crippen molar-refractivity contribution in [3.63, 3.8) is 0 Å². The molecule has 0 aromatic rings. The molecule has 2 N–H and O–H groups in total. The number of hydrogen-bond acceptors (Lipinski definition) is 3. The molecule has 6 heteroatoms. The van der Waals surface area contributed by atoms with Gasteiger partial charge in [0.1, 0.15) is 6.04 Å². The first kappa shape index (κ1) is 16.7. The summed E-state index contributed by atoms with van der Waals surface area (Å²) in [5, 5.41) is 17.9. The molecule has 0 bridgehead atoms. The molecule has 0 aromatic carbocycles. The van der Waals surface area contributed by atoms with Gasteiger partial charge < -0.3 is 20.0 Å². The minimum Gasteiger partial charge on any atom is -0.480 e. The number of carboxylic acid groups (broad SMARTS) is 1. The first-order valence-corrected chi connectivity index (χ1v) is 6.27. The van der Waals surface area contributed by atoms with E-state index in [2.05, 4.69) is 0 Å². The zero-order valence-electron chi connectivity index (χ0n) is 11.6. The van der Waals surface area contributed by atoms with Crippen molar-refractivity contribution in [3.8, 4) is 0 Å². The van der Waals surface area contributed by atoms with E-state index in [1.165, 1.54) is 18.9 Å². The number of carbonyl (C=O) groups excluding carboxylic acids is 1. The smallest absolute Gasteiger partial charge is 0.326 e. The third-order valence-corrected chi connectivity index (χ3v) is 3.21. The van der Waals surface area contributed by atoms with Gasteiger partial charge in [0, 0.05) is 19.6 Å². The fourth-order valence-electron chi connectivity index (χ4n) is 1.81. The predicted molar refractivity (Wildman–Crippen MR) is 68.4 cm³/mol. The SMILES string of the molecule is CCC(CC)N(CCO)C(=O)N(C)C(C)C(=O)O. The van der Waals surface area contributed by atoms with Gasteiger partial charge in [-0.15, -0.1) is 0 Å². The Morgan fingerprint density at radius 1 is 1.22 bits per heavy atom. The number of aliphatic hydroxyl groups excluding tert-OH is 1. The first-order chi connectivity index (χ1) is 8.40. The van der Waals surface area contributed by atoms with Gasteiger partial charge in [-0.3, -0.25) is 0 Å². The molecule has 0 aliphatic carbocycles. The summed E-state index contributed by atoms with van der Waals surface area (Å²) in [5.41, 5.74) is 0. The first-order valence-electron chi connectivity index (χ1n) is 6.27. The molecular formula is C12H24N2O4. The molecule has 0 rings (SSSR count). The lowest BCUT2D eigenvalue weighted by atomic mass is 10.1. The number of carboxylic acids is 1. The van der Waals surface area contributed by atoms with Gasteiger partial charge in [0.2, 0.25) is 0 Å². The highest BCUT2D eigenvalue weighted by Crippen LogP contribution is 2.12. The third-order valence-electron chi connectivity index (χ3n) is 3.21. The maximum Gasteiger partial charge on any atom is 0.326 e. The Labute approximate surface area is 108 Å². The van der Waals surface area contributed by atoms with E-state index in [4.69, 9.17) is 10.2 Å². The molecule has 0 spiro atoms. The number of rotatable bonds is 7. The van der Waals surface area contributed by atoms with E-state index >= 15 is 0 Å². The Morgan fingerprint density at radius 3 is 2.06 bits per heavy atom. The van der Waals surface area contributed by atoms with Crippen molar-refractivity contribution in [1.29, 1.82) is 0 Å². The van der Waals surface area contributed by atoms with Crippen LogP contribution in [-0.4, -0.2) is 64.3 Å². The molecule has 0 heterocycles. The average Bonchev–Trinajstić information content (AvgIpc) is 2.36. The Bertz CT molecular complexity index is 279. The van der Waals surface area contributed by atoms with E-state index < -0.39 is 12.0 Å². The second-order valence-electron chi connectivity index (χ2n) is 4.30. The largest absolute Gasteiger partial charge is 0.480 e. The molecule has 0 fully saturated rings. The number of hydrogen-bond donors (Lipinski definition) is 2. The lowest BCUT2D eigenvalue weighted by Gasteiger charge is -2.35. The van der Waals surface area contributed by atoms with Crippen LogP contribution in [0.3, 0.4) is 0 Å². The Morgan fingerprint density at radius 2 is 1.72 bits per heavy atom. The number of nitrogens with zero attached hydrogens (tertiary/aromatic N) is 2. The molecule has 6 nitrogen and oxygen atoms in total. The Hall–Kier alpha value is -1.30. The van der Waals surface area contributed by atoms with Crippen LogP contribution in [0.1, 0.15) is 33.6 Å². The van der Waals surface area contributed by atoms with Crippen molar-refractivity contribution in [1.82, 2.24) is 9.80 Å². The van der Waals surface area contributed by atoms with Crippen LogP contribution in [0.4, 0.5) is 4.79 Å². The molecule has 0 aromatic heterocycles. The quantitative estimate of drug-likeness (QED) is 0.715. The van der Waals surface area contributed by atoms with Gasteiger partial charge in [0.25, 0.3) is 0 Å². The second kappa shape index (κ2) is 7.92. The Kier molecular flexibility index (Phi) is 7.35. The number of carbonyl (C=O) groups is 2. The molecule has 0 aliphatic heterocycles. The van der Waals surface area contributed by atoms with E-state index in [1.807, 2.05) is 13.8 Å². The van der Waals surface area contributed by atoms with Crippen LogP contribution in [0.5, 0.6) is 0 Å². The number of aliphatic hydroxyl groups is 1. The minimum absolute atomic E-state index is 0.0214. The van der Waals surface area contributed by atoms with Gasteiger partial charge >= 0.3 is 12.0 Å². The van der Waals surface area contributed by atoms with Gasteiger partial charge in [-0.2, -0.15) is 0 Å². The number of urea groups is 1. The van der Waals surface area contributed by atoms with E-state index in [-0.39, 0.29) is 25.2 Å². The van der Waals surface area contributed by atoms with E-state index in [1.54, 1.807) is 4.90 Å². The highest BCUT2D eigenvalue weighted by molar-refractivity contribution is 5.82. The summed E-state index contributed by atoms with van der Waals surface area (Å²) in [6.45, 7) is 5.49. The summed E-state index contributed by atoms with van der Waals surface area (Å²) in [6, 6.07) is -1.21. The monoisotopic (exact) mass is 260 g/mol. The molecular weight excluding hydrogens is 236 g/mol. The molecule has 0 aliphatic rings. The lowest BCUT2D eigenvalue weighted by molar-refractivity contribution is -0.141. The number of aliphatic carboxylic acids is 1. The summed E-state index contributed by atoms with van der Waals surface area (Å²) in [6.07, 6.45) is 1.55. The molecule has 18 heavy (non-hydrogen) atoms. The molecule has 1 unspecified atom stereocenters. The van der Waals surface area contributed by atoms with E-state index in [0.717, 1.165) is 12.8 Å². The van der Waals surface area contributed by atoms with E-state index in [0.29, 0.717) is 0 Å². The van der Waals surface area contributed by atoms with Crippen molar-refractivity contribution in [2.24, 2.45) is 0 Å². The van der Waals surface area contributed by atoms with Crippen LogP contribution in [0.2, 0.25) is 0 Å². The lowest BCUT2D eigenvalue weighted by Crippen LogP contribution is -2.51. The summed E-state index contributed by atoms with van der Waals surface area (Å²) >= 11 is 0. The molecule has 1 atom stereocenters. The number of amides is 2. The van der Waals surface area contributed by atoms with Crippen molar-refractivity contribution in [2.45, 2.75) is 45.7 Å². The van der Waals surface area contributed by atoms with Gasteiger partial charge in [-0.05, 0) is 19.8 Å². The highest BCUT2D eigenvalue weighted by Gasteiger charge is 2.28. The van der Waals surface area contributed by atoms with Gasteiger partial charge in [0.05, 0.1) is 6.61 Å². The van der Waals surface area contributed by atoms with Crippen LogP contribution in [0.25, 0.3) is 0 Å². The van der Waals surface area contributed by atoms with Crippen LogP contribution >= 0.6 is 0 Å². The van der Waals surface area contributed by atoms with Gasteiger partial charge in [-0.1, -0.05) is 13.8 Å². The summed E-state index contributed by atoms with van der Waals surface area (Å²) < 4.78 is 0. The molecule has 0 saturated carbocycles. The maximum absolute atomic E-state index is 12.2. The fraction of sp³-hybridized carbons (Fsp3) is 0.833. The third kappa shape index (κ3) is 4.18. The van der Waals surface area contributed by atoms with Crippen LogP contribution < -0.4 is 0 Å². The minimum atomic E-state index is -1.04. The van der Waals surface area contributed by atoms with Crippen molar-refractivity contribution >= 4 is 12.0 Å². The van der Waals surface area contributed by atoms with E-state index in [9.17, 15) is 9.59 Å². The van der Waals surface area contributed by atoms with Crippen molar-refractivity contribution < 1.29 is 19.8 Å². The predicted octanol–water partition coefficient (Wildman–Crippen LogP) is 0.994. The average molecular weight is 260 g/mol. The normalized spacial score (nSPS) is 12.3. The maximum atomic E-state index is 12.2. The highest BCUT2D eigenvalue weighted by atomic mass is 16.4. The summed E-state index contributed by atoms with van der Waals surface area (Å²) in [4.78, 5) is 25.8. The number of likely N-dealkylation sites (N-methyl/N-ethyl adjacent to an activating group) is 1. The zero-order chi connectivity index (χ0) is 14.3. The van der Waals surface area contributed by atoms with Gasteiger partial charge in [-0.25, -0.2) is 9.59 Å². The fourth-order valence-corrected chi connectivity index (χ4v) is 1.81. The van der Waals surface area contributed by atoms with Crippen molar-refractivity contribution in [3.05, 3.63) is 0 Å². The topological polar surface area (TPSA) is 81.1 Å². The van der Waals surface area contributed by atoms with Gasteiger partial charge in [0.15, 0.2) is 0 Å². The molecule has 0 saturated heterocycles. The van der Waals surface area contributed by atoms with Crippen LogP contribution in [0.15, 0.2) is 0 Å². The second-order valence-corrected chi connectivity index (χ2v) is 4.30. The van der Waals surface area contributed by atoms with Crippen LogP contribution in [-0.2, 0) is 4.79 Å². The van der Waals surface area contributed by atoms with Crippen LogP contribution in [0, 0.1) is 0 Å². The molecule has 0 radical (unpaired) electrons. The van der Waals surface area contributed by atoms with Crippen molar-refractivity contribution in [2.75, 3.05) is 20.2 Å². The molecule has 106 valence electrons. The zero-order valence-corrected chi connectivity index (χ0v) is 11.6. The molecule has 2 amide bonds. The summed E-state index contributed by atoms with van der Waals surface area (Å²) in [7, 11) is 1.47. The standard InChI is InChI=1S/C12H24N2O4/c1-5-10(6-2)14(7-8-15)12(18)13(4)9(3)11(16)17/h9-10,15H,5-8H2,1-4H3,(H,16,17). The Balaban J connectivity index is 4.89.